The number of aryl methyl sites for hydroxylation is 1. The predicted octanol–water partition coefficient (Wildman–Crippen LogP) is 1.65. The van der Waals surface area contributed by atoms with Gasteiger partial charge in [0.25, 0.3) is 0 Å². The monoisotopic (exact) mass is 292 g/mol. The van der Waals surface area contributed by atoms with E-state index in [0.29, 0.717) is 11.9 Å². The first kappa shape index (κ1) is 13.5. The summed E-state index contributed by atoms with van der Waals surface area (Å²) in [5, 5.41) is 4.55. The smallest absolute Gasteiger partial charge is 0.240 e. The van der Waals surface area contributed by atoms with E-state index in [1.807, 2.05) is 0 Å². The number of nitrogen functional groups attached to an aromatic ring is 1. The summed E-state index contributed by atoms with van der Waals surface area (Å²) in [4.78, 5) is 13.4. The Morgan fingerprint density at radius 1 is 1.50 bits per heavy atom. The van der Waals surface area contributed by atoms with Gasteiger partial charge in [-0.2, -0.15) is 4.98 Å². The molecule has 3 heterocycles. The summed E-state index contributed by atoms with van der Waals surface area (Å²) in [6.07, 6.45) is 1.24. The van der Waals surface area contributed by atoms with E-state index in [4.69, 9.17) is 5.84 Å². The lowest BCUT2D eigenvalue weighted by molar-refractivity contribution is 0.399. The Morgan fingerprint density at radius 3 is 3.05 bits per heavy atom. The second-order valence-corrected chi connectivity index (χ2v) is 6.65. The molecule has 1 fully saturated rings. The number of nitrogens with one attached hydrogen (secondary N) is 2. The van der Waals surface area contributed by atoms with Gasteiger partial charge in [-0.1, -0.05) is 0 Å². The number of fused-ring (bicyclic) bond motifs is 1. The second kappa shape index (κ2) is 5.51. The number of likely N-dealkylation sites (tertiary alicyclic amines) is 1. The van der Waals surface area contributed by atoms with Crippen molar-refractivity contribution in [3.63, 3.8) is 0 Å². The summed E-state index contributed by atoms with van der Waals surface area (Å²) in [6.45, 7) is 5.34. The van der Waals surface area contributed by atoms with Crippen LogP contribution < -0.4 is 16.6 Å². The van der Waals surface area contributed by atoms with E-state index in [-0.39, 0.29) is 0 Å². The van der Waals surface area contributed by atoms with Gasteiger partial charge < -0.3 is 10.2 Å². The van der Waals surface area contributed by atoms with E-state index >= 15 is 0 Å². The zero-order valence-electron chi connectivity index (χ0n) is 11.8. The minimum absolute atomic E-state index is 0.463. The van der Waals surface area contributed by atoms with E-state index in [1.165, 1.54) is 17.8 Å². The van der Waals surface area contributed by atoms with Crippen LogP contribution in [0.5, 0.6) is 0 Å². The molecule has 0 amide bonds. The van der Waals surface area contributed by atoms with Crippen molar-refractivity contribution in [3.05, 3.63) is 10.9 Å². The SMILES string of the molecule is Cc1cc2c(NCC3CCN(C)C3)nc(NN)nc2s1. The average molecular weight is 292 g/mol. The molecule has 1 atom stereocenters. The van der Waals surface area contributed by atoms with Crippen molar-refractivity contribution in [3.8, 4) is 0 Å². The standard InChI is InChI=1S/C13H20N6S/c1-8-5-10-11(15-6-9-3-4-19(2)7-9)16-13(18-14)17-12(10)20-8/h5,9H,3-4,6-7,14H2,1-2H3,(H2,15,16,17,18). The zero-order valence-corrected chi connectivity index (χ0v) is 12.6. The number of anilines is 2. The molecule has 0 bridgehead atoms. The normalized spacial score (nSPS) is 19.6. The molecule has 20 heavy (non-hydrogen) atoms. The number of hydrogen-bond acceptors (Lipinski definition) is 7. The number of nitrogens with zero attached hydrogens (tertiary/aromatic N) is 3. The lowest BCUT2D eigenvalue weighted by Gasteiger charge is -2.13. The highest BCUT2D eigenvalue weighted by molar-refractivity contribution is 7.18. The minimum Gasteiger partial charge on any atom is -0.369 e. The van der Waals surface area contributed by atoms with Crippen molar-refractivity contribution in [2.75, 3.05) is 37.4 Å². The topological polar surface area (TPSA) is 79.1 Å². The number of rotatable bonds is 4. The lowest BCUT2D eigenvalue weighted by Crippen LogP contribution is -2.20. The van der Waals surface area contributed by atoms with E-state index in [0.717, 1.165) is 29.1 Å². The summed E-state index contributed by atoms with van der Waals surface area (Å²) in [5.74, 6) is 7.47. The van der Waals surface area contributed by atoms with Gasteiger partial charge in [0.05, 0.1) is 5.39 Å². The molecule has 0 aromatic carbocycles. The highest BCUT2D eigenvalue weighted by Gasteiger charge is 2.20. The Morgan fingerprint density at radius 2 is 2.35 bits per heavy atom. The summed E-state index contributed by atoms with van der Waals surface area (Å²) < 4.78 is 0. The van der Waals surface area contributed by atoms with E-state index < -0.39 is 0 Å². The van der Waals surface area contributed by atoms with Crippen LogP contribution in [0, 0.1) is 12.8 Å². The Bertz CT molecular complexity index is 610. The molecular weight excluding hydrogens is 272 g/mol. The summed E-state index contributed by atoms with van der Waals surface area (Å²) in [6, 6.07) is 2.13. The molecule has 3 rings (SSSR count). The van der Waals surface area contributed by atoms with Crippen LogP contribution in [-0.2, 0) is 0 Å². The lowest BCUT2D eigenvalue weighted by atomic mass is 10.1. The van der Waals surface area contributed by atoms with Gasteiger partial charge in [0.15, 0.2) is 0 Å². The van der Waals surface area contributed by atoms with Gasteiger partial charge in [0.2, 0.25) is 5.95 Å². The highest BCUT2D eigenvalue weighted by atomic mass is 32.1. The first-order valence-corrected chi connectivity index (χ1v) is 7.64. The van der Waals surface area contributed by atoms with Crippen LogP contribution >= 0.6 is 11.3 Å². The number of thiophene rings is 1. The molecule has 1 unspecified atom stereocenters. The molecule has 1 saturated heterocycles. The van der Waals surface area contributed by atoms with Gasteiger partial charge >= 0.3 is 0 Å². The zero-order chi connectivity index (χ0) is 14.1. The number of nitrogens with two attached hydrogens (primary N) is 1. The number of hydrazine groups is 1. The van der Waals surface area contributed by atoms with Gasteiger partial charge in [-0.3, -0.25) is 5.43 Å². The molecule has 0 aliphatic carbocycles. The van der Waals surface area contributed by atoms with Gasteiger partial charge in [0, 0.05) is 18.0 Å². The van der Waals surface area contributed by atoms with Crippen LogP contribution in [0.2, 0.25) is 0 Å². The molecule has 7 heteroatoms. The van der Waals surface area contributed by atoms with E-state index in [1.54, 1.807) is 11.3 Å². The Kier molecular flexibility index (Phi) is 3.73. The predicted molar refractivity (Wildman–Crippen MR) is 84.1 cm³/mol. The summed E-state index contributed by atoms with van der Waals surface area (Å²) in [5.41, 5.74) is 2.54. The molecule has 0 saturated carbocycles. The van der Waals surface area contributed by atoms with Crippen LogP contribution in [0.3, 0.4) is 0 Å². The fraction of sp³-hybridized carbons (Fsp3) is 0.538. The van der Waals surface area contributed by atoms with Crippen molar-refractivity contribution in [2.24, 2.45) is 11.8 Å². The third-order valence-electron chi connectivity index (χ3n) is 3.69. The van der Waals surface area contributed by atoms with E-state index in [9.17, 15) is 0 Å². The first-order valence-electron chi connectivity index (χ1n) is 6.83. The molecule has 2 aromatic heterocycles. The Labute approximate surface area is 122 Å². The minimum atomic E-state index is 0.463. The van der Waals surface area contributed by atoms with Crippen molar-refractivity contribution < 1.29 is 0 Å². The Balaban J connectivity index is 1.82. The average Bonchev–Trinajstić information content (AvgIpc) is 3.00. The summed E-state index contributed by atoms with van der Waals surface area (Å²) in [7, 11) is 2.17. The summed E-state index contributed by atoms with van der Waals surface area (Å²) >= 11 is 1.66. The maximum absolute atomic E-state index is 5.45. The number of aromatic nitrogens is 2. The van der Waals surface area contributed by atoms with Crippen LogP contribution in [0.4, 0.5) is 11.8 Å². The Hall–Kier alpha value is -1.44. The molecular formula is C13H20N6S. The maximum atomic E-state index is 5.45. The molecule has 0 spiro atoms. The third-order valence-corrected chi connectivity index (χ3v) is 4.64. The molecule has 4 N–H and O–H groups in total. The molecule has 2 aromatic rings. The van der Waals surface area contributed by atoms with Gasteiger partial charge in [-0.15, -0.1) is 11.3 Å². The van der Waals surface area contributed by atoms with Gasteiger partial charge in [-0.25, -0.2) is 10.8 Å². The van der Waals surface area contributed by atoms with E-state index in [2.05, 4.69) is 45.6 Å². The molecule has 108 valence electrons. The van der Waals surface area contributed by atoms with Crippen LogP contribution in [0.15, 0.2) is 6.07 Å². The maximum Gasteiger partial charge on any atom is 0.240 e. The fourth-order valence-corrected chi connectivity index (χ4v) is 3.55. The molecule has 0 radical (unpaired) electrons. The van der Waals surface area contributed by atoms with Gasteiger partial charge in [0.1, 0.15) is 10.6 Å². The number of hydrogen-bond donors (Lipinski definition) is 3. The van der Waals surface area contributed by atoms with Crippen LogP contribution in [0.25, 0.3) is 10.2 Å². The van der Waals surface area contributed by atoms with Crippen molar-refractivity contribution in [2.45, 2.75) is 13.3 Å². The third kappa shape index (κ3) is 2.70. The molecule has 1 aliphatic rings. The van der Waals surface area contributed by atoms with Crippen molar-refractivity contribution >= 4 is 33.3 Å². The second-order valence-electron chi connectivity index (χ2n) is 5.41. The quantitative estimate of drug-likeness (QED) is 0.587. The first-order chi connectivity index (χ1) is 9.65. The largest absolute Gasteiger partial charge is 0.369 e. The van der Waals surface area contributed by atoms with Crippen LogP contribution in [0.1, 0.15) is 11.3 Å². The van der Waals surface area contributed by atoms with Crippen molar-refractivity contribution in [1.29, 1.82) is 0 Å². The molecule has 1 aliphatic heterocycles. The van der Waals surface area contributed by atoms with Crippen molar-refractivity contribution in [1.82, 2.24) is 14.9 Å². The molecule has 6 nitrogen and oxygen atoms in total. The highest BCUT2D eigenvalue weighted by Crippen LogP contribution is 2.29. The van der Waals surface area contributed by atoms with Gasteiger partial charge in [-0.05, 0) is 38.9 Å². The van der Waals surface area contributed by atoms with Crippen LogP contribution in [-0.4, -0.2) is 41.5 Å². The fourth-order valence-electron chi connectivity index (χ4n) is 2.68.